The number of benzene rings is 1. The van der Waals surface area contributed by atoms with E-state index in [-0.39, 0.29) is 0 Å². The first-order chi connectivity index (χ1) is 9.13. The molecule has 0 fully saturated rings. The summed E-state index contributed by atoms with van der Waals surface area (Å²) in [6.07, 6.45) is 0.702. The molecule has 2 aromatic rings. The lowest BCUT2D eigenvalue weighted by Crippen LogP contribution is -1.99. The summed E-state index contributed by atoms with van der Waals surface area (Å²) < 4.78 is 11.9. The predicted molar refractivity (Wildman–Crippen MR) is 79.7 cm³/mol. The van der Waals surface area contributed by atoms with Crippen LogP contribution in [0.25, 0.3) is 0 Å². The van der Waals surface area contributed by atoms with E-state index in [4.69, 9.17) is 21.1 Å². The third-order valence-electron chi connectivity index (χ3n) is 2.38. The third kappa shape index (κ3) is 3.49. The van der Waals surface area contributed by atoms with Gasteiger partial charge in [0.05, 0.1) is 16.5 Å². The Kier molecular flexibility index (Phi) is 4.85. The summed E-state index contributed by atoms with van der Waals surface area (Å²) in [6.45, 7) is 0.370. The first kappa shape index (κ1) is 14.4. The highest BCUT2D eigenvalue weighted by molar-refractivity contribution is 9.11. The van der Waals surface area contributed by atoms with Crippen LogP contribution in [0.4, 0.5) is 0 Å². The Labute approximate surface area is 128 Å². The van der Waals surface area contributed by atoms with Gasteiger partial charge in [-0.3, -0.25) is 4.79 Å². The fraction of sp³-hybridized carbons (Fsp3) is 0.154. The highest BCUT2D eigenvalue weighted by atomic mass is 79.9. The molecular formula is C13H10BrClO3S. The summed E-state index contributed by atoms with van der Waals surface area (Å²) in [6, 6.07) is 7.08. The van der Waals surface area contributed by atoms with Crippen LogP contribution in [0.3, 0.4) is 0 Å². The molecule has 0 aliphatic heterocycles. The quantitative estimate of drug-likeness (QED) is 0.732. The molecule has 19 heavy (non-hydrogen) atoms. The second kappa shape index (κ2) is 6.41. The summed E-state index contributed by atoms with van der Waals surface area (Å²) >= 11 is 10.9. The SMILES string of the molecule is COc1cc(Cl)cc(C=O)c1OCc1ccc(Br)s1. The average molecular weight is 362 g/mol. The molecule has 0 bridgehead atoms. The van der Waals surface area contributed by atoms with Crippen molar-refractivity contribution in [3.8, 4) is 11.5 Å². The Bertz CT molecular complexity index is 598. The van der Waals surface area contributed by atoms with Crippen molar-refractivity contribution in [1.82, 2.24) is 0 Å². The second-order valence-corrected chi connectivity index (χ2v) is 6.62. The largest absolute Gasteiger partial charge is 0.493 e. The molecule has 6 heteroatoms. The lowest BCUT2D eigenvalue weighted by Gasteiger charge is -2.12. The zero-order chi connectivity index (χ0) is 13.8. The smallest absolute Gasteiger partial charge is 0.172 e. The van der Waals surface area contributed by atoms with Crippen molar-refractivity contribution in [2.24, 2.45) is 0 Å². The molecular weight excluding hydrogens is 352 g/mol. The molecule has 1 aromatic heterocycles. The van der Waals surface area contributed by atoms with Gasteiger partial charge in [0.25, 0.3) is 0 Å². The minimum Gasteiger partial charge on any atom is -0.493 e. The summed E-state index contributed by atoms with van der Waals surface area (Å²) in [5, 5.41) is 0.435. The molecule has 0 saturated carbocycles. The van der Waals surface area contributed by atoms with Crippen molar-refractivity contribution < 1.29 is 14.3 Å². The molecule has 2 rings (SSSR count). The number of carbonyl (C=O) groups is 1. The Morgan fingerprint density at radius 3 is 2.79 bits per heavy atom. The number of carbonyl (C=O) groups excluding carboxylic acids is 1. The molecule has 1 heterocycles. The fourth-order valence-corrected chi connectivity index (χ4v) is 3.17. The number of hydrogen-bond donors (Lipinski definition) is 0. The maximum Gasteiger partial charge on any atom is 0.172 e. The monoisotopic (exact) mass is 360 g/mol. The van der Waals surface area contributed by atoms with Gasteiger partial charge in [-0.2, -0.15) is 0 Å². The van der Waals surface area contributed by atoms with Gasteiger partial charge in [-0.25, -0.2) is 0 Å². The van der Waals surface area contributed by atoms with Gasteiger partial charge >= 0.3 is 0 Å². The molecule has 0 radical (unpaired) electrons. The topological polar surface area (TPSA) is 35.5 Å². The van der Waals surface area contributed by atoms with E-state index in [9.17, 15) is 4.79 Å². The Morgan fingerprint density at radius 1 is 1.42 bits per heavy atom. The van der Waals surface area contributed by atoms with Gasteiger partial charge in [0, 0.05) is 16.0 Å². The van der Waals surface area contributed by atoms with E-state index in [1.165, 1.54) is 7.11 Å². The summed E-state index contributed by atoms with van der Waals surface area (Å²) in [7, 11) is 1.51. The Hall–Kier alpha value is -1.04. The van der Waals surface area contributed by atoms with Gasteiger partial charge in [-0.1, -0.05) is 11.6 Å². The number of methoxy groups -OCH3 is 1. The number of thiophene rings is 1. The normalized spacial score (nSPS) is 10.3. The summed E-state index contributed by atoms with van der Waals surface area (Å²) in [5.41, 5.74) is 0.375. The van der Waals surface area contributed by atoms with Crippen molar-refractivity contribution in [2.45, 2.75) is 6.61 Å². The minimum atomic E-state index is 0.370. The molecule has 0 aliphatic rings. The first-order valence-electron chi connectivity index (χ1n) is 5.33. The molecule has 0 amide bonds. The van der Waals surface area contributed by atoms with Crippen LogP contribution in [0.2, 0.25) is 5.02 Å². The van der Waals surface area contributed by atoms with Crippen molar-refractivity contribution in [3.05, 3.63) is 43.5 Å². The molecule has 0 spiro atoms. The lowest BCUT2D eigenvalue weighted by molar-refractivity contribution is 0.111. The fourth-order valence-electron chi connectivity index (χ4n) is 1.56. The van der Waals surface area contributed by atoms with Crippen molar-refractivity contribution in [2.75, 3.05) is 7.11 Å². The Morgan fingerprint density at radius 2 is 2.21 bits per heavy atom. The highest BCUT2D eigenvalue weighted by Crippen LogP contribution is 2.35. The van der Waals surface area contributed by atoms with Gasteiger partial charge in [-0.05, 0) is 34.1 Å². The van der Waals surface area contributed by atoms with Crippen LogP contribution in [0.15, 0.2) is 28.1 Å². The van der Waals surface area contributed by atoms with Crippen LogP contribution >= 0.6 is 38.9 Å². The van der Waals surface area contributed by atoms with Crippen LogP contribution in [-0.4, -0.2) is 13.4 Å². The van der Waals surface area contributed by atoms with E-state index in [1.807, 2.05) is 12.1 Å². The van der Waals surface area contributed by atoms with Gasteiger partial charge < -0.3 is 9.47 Å². The molecule has 0 N–H and O–H groups in total. The van der Waals surface area contributed by atoms with E-state index < -0.39 is 0 Å². The van der Waals surface area contributed by atoms with Crippen molar-refractivity contribution >= 4 is 45.2 Å². The molecule has 1 aromatic carbocycles. The Balaban J connectivity index is 2.25. The number of rotatable bonds is 5. The average Bonchev–Trinajstić information content (AvgIpc) is 2.81. The minimum absolute atomic E-state index is 0.370. The van der Waals surface area contributed by atoms with E-state index in [0.717, 1.165) is 8.66 Å². The third-order valence-corrected chi connectivity index (χ3v) is 4.20. The molecule has 0 saturated heterocycles. The van der Waals surface area contributed by atoms with Crippen LogP contribution in [-0.2, 0) is 6.61 Å². The van der Waals surface area contributed by atoms with Crippen LogP contribution in [0.5, 0.6) is 11.5 Å². The van der Waals surface area contributed by atoms with E-state index >= 15 is 0 Å². The second-order valence-electron chi connectivity index (χ2n) is 3.64. The lowest BCUT2D eigenvalue weighted by atomic mass is 10.2. The zero-order valence-corrected chi connectivity index (χ0v) is 13.1. The number of hydrogen-bond acceptors (Lipinski definition) is 4. The maximum atomic E-state index is 11.1. The molecule has 0 atom stereocenters. The summed E-state index contributed by atoms with van der Waals surface area (Å²) in [4.78, 5) is 12.1. The zero-order valence-electron chi connectivity index (χ0n) is 9.98. The number of aldehydes is 1. The van der Waals surface area contributed by atoms with E-state index in [1.54, 1.807) is 23.5 Å². The first-order valence-corrected chi connectivity index (χ1v) is 7.32. The highest BCUT2D eigenvalue weighted by Gasteiger charge is 2.13. The van der Waals surface area contributed by atoms with Gasteiger partial charge in [-0.15, -0.1) is 11.3 Å². The van der Waals surface area contributed by atoms with Crippen LogP contribution in [0, 0.1) is 0 Å². The molecule has 3 nitrogen and oxygen atoms in total. The van der Waals surface area contributed by atoms with Gasteiger partial charge in [0.1, 0.15) is 6.61 Å². The maximum absolute atomic E-state index is 11.1. The van der Waals surface area contributed by atoms with Gasteiger partial charge in [0.2, 0.25) is 0 Å². The summed E-state index contributed by atoms with van der Waals surface area (Å²) in [5.74, 6) is 0.858. The molecule has 0 unspecified atom stereocenters. The molecule has 0 aliphatic carbocycles. The molecule has 100 valence electrons. The number of ether oxygens (including phenoxy) is 2. The number of halogens is 2. The van der Waals surface area contributed by atoms with E-state index in [2.05, 4.69) is 15.9 Å². The van der Waals surface area contributed by atoms with Crippen molar-refractivity contribution in [3.63, 3.8) is 0 Å². The van der Waals surface area contributed by atoms with Crippen LogP contribution < -0.4 is 9.47 Å². The van der Waals surface area contributed by atoms with Gasteiger partial charge in [0.15, 0.2) is 17.8 Å². The standard InChI is InChI=1S/C13H10BrClO3S/c1-17-11-5-9(15)4-8(6-16)13(11)18-7-10-2-3-12(14)19-10/h2-6H,7H2,1H3. The van der Waals surface area contributed by atoms with E-state index in [0.29, 0.717) is 35.0 Å². The predicted octanol–water partition coefficient (Wildman–Crippen LogP) is 4.56. The van der Waals surface area contributed by atoms with Crippen LogP contribution in [0.1, 0.15) is 15.2 Å². The van der Waals surface area contributed by atoms with Crippen molar-refractivity contribution in [1.29, 1.82) is 0 Å².